The highest BCUT2D eigenvalue weighted by molar-refractivity contribution is 6.30. The standard InChI is InChI=1S/C12H13ClN4/c1-14-12(17-8-4-7-15-17)16(2)11-6-3-5-10(13)9-11/h3-9H,1-2H3. The van der Waals surface area contributed by atoms with Gasteiger partial charge in [-0.2, -0.15) is 5.10 Å². The van der Waals surface area contributed by atoms with Crippen molar-refractivity contribution in [3.8, 4) is 0 Å². The van der Waals surface area contributed by atoms with Gasteiger partial charge >= 0.3 is 0 Å². The second-order valence-electron chi connectivity index (χ2n) is 3.51. The van der Waals surface area contributed by atoms with Crippen molar-refractivity contribution >= 4 is 23.2 Å². The van der Waals surface area contributed by atoms with Crippen LogP contribution in [0.15, 0.2) is 47.7 Å². The van der Waals surface area contributed by atoms with Gasteiger partial charge in [0.2, 0.25) is 5.96 Å². The van der Waals surface area contributed by atoms with Gasteiger partial charge in [0.05, 0.1) is 0 Å². The Hall–Kier alpha value is -1.81. The number of hydrogen-bond acceptors (Lipinski definition) is 2. The van der Waals surface area contributed by atoms with E-state index in [2.05, 4.69) is 10.1 Å². The first-order chi connectivity index (χ1) is 8.22. The summed E-state index contributed by atoms with van der Waals surface area (Å²) in [5.74, 6) is 0.734. The van der Waals surface area contributed by atoms with Gasteiger partial charge in [0.1, 0.15) is 0 Å². The highest BCUT2D eigenvalue weighted by Crippen LogP contribution is 2.18. The zero-order valence-electron chi connectivity index (χ0n) is 9.71. The molecule has 17 heavy (non-hydrogen) atoms. The molecule has 0 N–H and O–H groups in total. The quantitative estimate of drug-likeness (QED) is 0.574. The summed E-state index contributed by atoms with van der Waals surface area (Å²) in [6.07, 6.45) is 3.57. The lowest BCUT2D eigenvalue weighted by molar-refractivity contribution is 0.898. The molecule has 4 nitrogen and oxygen atoms in total. The van der Waals surface area contributed by atoms with E-state index in [1.807, 2.05) is 48.5 Å². The summed E-state index contributed by atoms with van der Waals surface area (Å²) in [5, 5.41) is 4.87. The molecule has 1 aromatic heterocycles. The van der Waals surface area contributed by atoms with E-state index in [-0.39, 0.29) is 0 Å². The van der Waals surface area contributed by atoms with Gasteiger partial charge < -0.3 is 4.90 Å². The molecule has 2 rings (SSSR count). The first-order valence-electron chi connectivity index (χ1n) is 5.18. The molecule has 0 aliphatic heterocycles. The van der Waals surface area contributed by atoms with Crippen LogP contribution in [0, 0.1) is 0 Å². The Labute approximate surface area is 105 Å². The van der Waals surface area contributed by atoms with Crippen LogP contribution in [-0.4, -0.2) is 29.8 Å². The van der Waals surface area contributed by atoms with Crippen molar-refractivity contribution < 1.29 is 0 Å². The molecule has 0 aliphatic carbocycles. The Morgan fingerprint density at radius 2 is 2.24 bits per heavy atom. The fourth-order valence-corrected chi connectivity index (χ4v) is 1.78. The van der Waals surface area contributed by atoms with Crippen LogP contribution < -0.4 is 4.90 Å². The molecular formula is C12H13ClN4. The van der Waals surface area contributed by atoms with Crippen LogP contribution in [0.25, 0.3) is 0 Å². The summed E-state index contributed by atoms with van der Waals surface area (Å²) in [5.41, 5.74) is 0.966. The van der Waals surface area contributed by atoms with Crippen LogP contribution in [0.2, 0.25) is 5.02 Å². The van der Waals surface area contributed by atoms with E-state index in [4.69, 9.17) is 11.6 Å². The van der Waals surface area contributed by atoms with Crippen LogP contribution in [0.4, 0.5) is 5.69 Å². The van der Waals surface area contributed by atoms with E-state index in [0.717, 1.165) is 11.6 Å². The lowest BCUT2D eigenvalue weighted by atomic mass is 10.3. The Kier molecular flexibility index (Phi) is 3.44. The Morgan fingerprint density at radius 1 is 1.41 bits per heavy atom. The molecule has 1 heterocycles. The third-order valence-corrected chi connectivity index (χ3v) is 2.64. The summed E-state index contributed by atoms with van der Waals surface area (Å²) in [4.78, 5) is 6.17. The first-order valence-corrected chi connectivity index (χ1v) is 5.56. The minimum Gasteiger partial charge on any atom is -0.314 e. The van der Waals surface area contributed by atoms with E-state index in [9.17, 15) is 0 Å². The molecule has 0 fully saturated rings. The number of anilines is 1. The Morgan fingerprint density at radius 3 is 2.82 bits per heavy atom. The van der Waals surface area contributed by atoms with Crippen molar-refractivity contribution in [3.05, 3.63) is 47.7 Å². The summed E-state index contributed by atoms with van der Waals surface area (Å²) in [6, 6.07) is 9.47. The van der Waals surface area contributed by atoms with Gasteiger partial charge in [0.15, 0.2) is 0 Å². The van der Waals surface area contributed by atoms with Crippen LogP contribution in [0.5, 0.6) is 0 Å². The molecule has 0 bridgehead atoms. The largest absolute Gasteiger partial charge is 0.314 e. The first kappa shape index (κ1) is 11.7. The molecule has 0 unspecified atom stereocenters. The smallest absolute Gasteiger partial charge is 0.225 e. The van der Waals surface area contributed by atoms with E-state index in [0.29, 0.717) is 5.02 Å². The van der Waals surface area contributed by atoms with Crippen LogP contribution in [0.1, 0.15) is 0 Å². The third kappa shape index (κ3) is 2.47. The normalized spacial score (nSPS) is 11.6. The molecule has 1 aromatic carbocycles. The fraction of sp³-hybridized carbons (Fsp3) is 0.167. The predicted octanol–water partition coefficient (Wildman–Crippen LogP) is 2.51. The highest BCUT2D eigenvalue weighted by atomic mass is 35.5. The summed E-state index contributed by atoms with van der Waals surface area (Å²) < 4.78 is 1.71. The van der Waals surface area contributed by atoms with Crippen molar-refractivity contribution in [2.24, 2.45) is 4.99 Å². The topological polar surface area (TPSA) is 33.4 Å². The fourth-order valence-electron chi connectivity index (χ4n) is 1.59. The summed E-state index contributed by atoms with van der Waals surface area (Å²) in [6.45, 7) is 0. The maximum atomic E-state index is 5.97. The molecule has 0 amide bonds. The molecule has 0 saturated heterocycles. The van der Waals surface area contributed by atoms with E-state index >= 15 is 0 Å². The van der Waals surface area contributed by atoms with Crippen LogP contribution in [-0.2, 0) is 0 Å². The highest BCUT2D eigenvalue weighted by Gasteiger charge is 2.10. The molecule has 0 radical (unpaired) electrons. The van der Waals surface area contributed by atoms with Gasteiger partial charge in [-0.1, -0.05) is 17.7 Å². The van der Waals surface area contributed by atoms with Crippen molar-refractivity contribution in [2.45, 2.75) is 0 Å². The molecule has 88 valence electrons. The zero-order chi connectivity index (χ0) is 12.3. The van der Waals surface area contributed by atoms with Gasteiger partial charge in [0, 0.05) is 37.2 Å². The SMILES string of the molecule is CN=C(N(C)c1cccc(Cl)c1)n1cccn1. The molecular weight excluding hydrogens is 236 g/mol. The maximum absolute atomic E-state index is 5.97. The van der Waals surface area contributed by atoms with Gasteiger partial charge in [-0.05, 0) is 24.3 Å². The Balaban J connectivity index is 2.34. The van der Waals surface area contributed by atoms with Gasteiger partial charge in [-0.3, -0.25) is 4.99 Å². The molecule has 0 aliphatic rings. The third-order valence-electron chi connectivity index (χ3n) is 2.40. The van der Waals surface area contributed by atoms with Gasteiger partial charge in [-0.25, -0.2) is 4.68 Å². The van der Waals surface area contributed by atoms with Gasteiger partial charge in [-0.15, -0.1) is 0 Å². The van der Waals surface area contributed by atoms with Crippen LogP contribution in [0.3, 0.4) is 0 Å². The average Bonchev–Trinajstić information content (AvgIpc) is 2.83. The number of nitrogens with zero attached hydrogens (tertiary/aromatic N) is 4. The molecule has 0 spiro atoms. The van der Waals surface area contributed by atoms with Gasteiger partial charge in [0.25, 0.3) is 0 Å². The number of benzene rings is 1. The minimum atomic E-state index is 0.699. The van der Waals surface area contributed by atoms with E-state index < -0.39 is 0 Å². The van der Waals surface area contributed by atoms with Crippen molar-refractivity contribution in [2.75, 3.05) is 19.0 Å². The minimum absolute atomic E-state index is 0.699. The number of halogens is 1. The van der Waals surface area contributed by atoms with Crippen molar-refractivity contribution in [1.29, 1.82) is 0 Å². The summed E-state index contributed by atoms with van der Waals surface area (Å²) in [7, 11) is 3.66. The molecule has 2 aromatic rings. The van der Waals surface area contributed by atoms with E-state index in [1.165, 1.54) is 0 Å². The zero-order valence-corrected chi connectivity index (χ0v) is 10.5. The lowest BCUT2D eigenvalue weighted by Crippen LogP contribution is -2.33. The maximum Gasteiger partial charge on any atom is 0.225 e. The lowest BCUT2D eigenvalue weighted by Gasteiger charge is -2.20. The summed E-state index contributed by atoms with van der Waals surface area (Å²) >= 11 is 5.97. The predicted molar refractivity (Wildman–Crippen MR) is 70.8 cm³/mol. The molecule has 0 saturated carbocycles. The van der Waals surface area contributed by atoms with E-state index in [1.54, 1.807) is 17.9 Å². The second-order valence-corrected chi connectivity index (χ2v) is 3.95. The number of aromatic nitrogens is 2. The monoisotopic (exact) mass is 248 g/mol. The Bertz CT molecular complexity index is 519. The number of hydrogen-bond donors (Lipinski definition) is 0. The second kappa shape index (κ2) is 5.01. The number of aliphatic imine (C=N–C) groups is 1. The van der Waals surface area contributed by atoms with Crippen LogP contribution >= 0.6 is 11.6 Å². The average molecular weight is 249 g/mol. The van der Waals surface area contributed by atoms with Crippen molar-refractivity contribution in [3.63, 3.8) is 0 Å². The molecule has 5 heteroatoms. The van der Waals surface area contributed by atoms with Crippen molar-refractivity contribution in [1.82, 2.24) is 9.78 Å². The molecule has 0 atom stereocenters. The number of rotatable bonds is 1.